The van der Waals surface area contributed by atoms with E-state index in [4.69, 9.17) is 0 Å². The van der Waals surface area contributed by atoms with Gasteiger partial charge in [0.1, 0.15) is 0 Å². The van der Waals surface area contributed by atoms with Crippen molar-refractivity contribution in [2.24, 2.45) is 5.92 Å². The molecule has 2 aromatic heterocycles. The molecule has 20 heavy (non-hydrogen) atoms. The fourth-order valence-electron chi connectivity index (χ4n) is 2.81. The molecule has 105 valence electrons. The topological polar surface area (TPSA) is 7.76 Å². The van der Waals surface area contributed by atoms with Gasteiger partial charge in [0.2, 0.25) is 0 Å². The Balaban J connectivity index is 2.52. The summed E-state index contributed by atoms with van der Waals surface area (Å²) in [6.07, 6.45) is 11.8. The molecule has 0 spiro atoms. The lowest BCUT2D eigenvalue weighted by molar-refractivity contribution is -0.997. The van der Waals surface area contributed by atoms with Crippen molar-refractivity contribution >= 4 is 0 Å². The van der Waals surface area contributed by atoms with E-state index in [2.05, 4.69) is 91.1 Å². The van der Waals surface area contributed by atoms with Crippen LogP contribution in [0.2, 0.25) is 0 Å². The van der Waals surface area contributed by atoms with Crippen LogP contribution >= 0.6 is 0 Å². The van der Waals surface area contributed by atoms with Crippen molar-refractivity contribution in [2.45, 2.75) is 38.8 Å². The minimum atomic E-state index is -0.0784. The van der Waals surface area contributed by atoms with Gasteiger partial charge in [0.15, 0.2) is 24.8 Å². The highest BCUT2D eigenvalue weighted by atomic mass is 15.2. The first-order valence-corrected chi connectivity index (χ1v) is 7.49. The summed E-state index contributed by atoms with van der Waals surface area (Å²) in [6.45, 7) is 8.78. The van der Waals surface area contributed by atoms with Crippen LogP contribution in [-0.2, 0) is 5.66 Å². The molecule has 2 heteroatoms. The monoisotopic (exact) mass is 269 g/mol. The van der Waals surface area contributed by atoms with Gasteiger partial charge in [-0.25, -0.2) is 0 Å². The molecule has 1 unspecified atom stereocenters. The van der Waals surface area contributed by atoms with Gasteiger partial charge in [-0.15, -0.1) is 9.13 Å². The molecule has 2 rings (SSSR count). The van der Waals surface area contributed by atoms with Crippen molar-refractivity contribution in [1.29, 1.82) is 0 Å². The van der Waals surface area contributed by atoms with Crippen LogP contribution in [0.3, 0.4) is 0 Å². The lowest BCUT2D eigenvalue weighted by Gasteiger charge is -2.24. The van der Waals surface area contributed by atoms with Crippen molar-refractivity contribution in [2.75, 3.05) is 0 Å². The molecule has 0 bridgehead atoms. The van der Waals surface area contributed by atoms with Gasteiger partial charge >= 0.3 is 5.66 Å². The van der Waals surface area contributed by atoms with Gasteiger partial charge in [-0.05, 0) is 12.8 Å². The summed E-state index contributed by atoms with van der Waals surface area (Å²) >= 11 is 0. The van der Waals surface area contributed by atoms with Crippen molar-refractivity contribution < 1.29 is 9.13 Å². The fraction of sp³-hybridized carbons (Fsp3) is 0.389. The molecular weight excluding hydrogens is 244 g/mol. The maximum Gasteiger partial charge on any atom is 0.360 e. The third-order valence-corrected chi connectivity index (χ3v) is 4.15. The van der Waals surface area contributed by atoms with Gasteiger partial charge in [-0.1, -0.05) is 32.4 Å². The lowest BCUT2D eigenvalue weighted by atomic mass is 9.91. The van der Waals surface area contributed by atoms with Gasteiger partial charge in [-0.3, -0.25) is 0 Å². The molecule has 0 saturated heterocycles. The highest BCUT2D eigenvalue weighted by Gasteiger charge is 2.47. The molecule has 0 saturated carbocycles. The standard InChI is InChI=1S/C18H25N2/c1-4-17(3)16-18(5-2,19-12-8-6-9-13-19)20-14-10-7-11-15-20/h6-15,17H,3-5,16H2,1-2H3/q+2. The number of hydrogen-bond donors (Lipinski definition) is 0. The van der Waals surface area contributed by atoms with E-state index in [1.54, 1.807) is 0 Å². The van der Waals surface area contributed by atoms with E-state index >= 15 is 0 Å². The summed E-state index contributed by atoms with van der Waals surface area (Å²) in [5, 5.41) is 0. The van der Waals surface area contributed by atoms with Crippen LogP contribution in [-0.4, -0.2) is 0 Å². The maximum atomic E-state index is 4.31. The van der Waals surface area contributed by atoms with Crippen LogP contribution in [0.1, 0.15) is 33.1 Å². The van der Waals surface area contributed by atoms with Crippen molar-refractivity contribution in [3.05, 3.63) is 68.1 Å². The van der Waals surface area contributed by atoms with E-state index in [-0.39, 0.29) is 5.66 Å². The van der Waals surface area contributed by atoms with Crippen LogP contribution in [0.4, 0.5) is 0 Å². The second kappa shape index (κ2) is 6.65. The molecule has 0 aliphatic carbocycles. The molecule has 2 heterocycles. The van der Waals surface area contributed by atoms with Gasteiger partial charge in [-0.2, -0.15) is 0 Å². The number of aromatic nitrogens is 2. The Labute approximate surface area is 122 Å². The second-order valence-corrected chi connectivity index (χ2v) is 5.38. The maximum absolute atomic E-state index is 4.31. The summed E-state index contributed by atoms with van der Waals surface area (Å²) in [7, 11) is 0. The number of hydrogen-bond acceptors (Lipinski definition) is 0. The summed E-state index contributed by atoms with van der Waals surface area (Å²) in [5.41, 5.74) is -0.0784. The third-order valence-electron chi connectivity index (χ3n) is 4.15. The Hall–Kier alpha value is -1.70. The summed E-state index contributed by atoms with van der Waals surface area (Å²) in [5.74, 6) is 0.440. The predicted molar refractivity (Wildman–Crippen MR) is 80.7 cm³/mol. The third kappa shape index (κ3) is 2.90. The Bertz CT molecular complexity index is 468. The molecule has 0 aromatic carbocycles. The Morgan fingerprint density at radius 2 is 1.30 bits per heavy atom. The highest BCUT2D eigenvalue weighted by molar-refractivity contribution is 4.87. The van der Waals surface area contributed by atoms with Gasteiger partial charge in [0.05, 0.1) is 12.8 Å². The molecule has 0 aliphatic rings. The molecule has 2 aromatic rings. The van der Waals surface area contributed by atoms with Crippen LogP contribution in [0, 0.1) is 12.8 Å². The molecule has 0 N–H and O–H groups in total. The van der Waals surface area contributed by atoms with E-state index in [1.807, 2.05) is 0 Å². The SMILES string of the molecule is [CH2]C(CC)CC(CC)([n+]1ccccc1)[n+]1ccccc1. The van der Waals surface area contributed by atoms with Crippen LogP contribution < -0.4 is 9.13 Å². The molecule has 1 radical (unpaired) electrons. The fourth-order valence-corrected chi connectivity index (χ4v) is 2.81. The highest BCUT2D eigenvalue weighted by Crippen LogP contribution is 2.22. The quantitative estimate of drug-likeness (QED) is 0.712. The van der Waals surface area contributed by atoms with Crippen molar-refractivity contribution in [3.8, 4) is 0 Å². The Kier molecular flexibility index (Phi) is 4.89. The van der Waals surface area contributed by atoms with Crippen LogP contribution in [0.25, 0.3) is 0 Å². The summed E-state index contributed by atoms with van der Waals surface area (Å²) in [6, 6.07) is 12.5. The van der Waals surface area contributed by atoms with Crippen LogP contribution in [0.15, 0.2) is 61.2 Å². The first kappa shape index (κ1) is 14.7. The second-order valence-electron chi connectivity index (χ2n) is 5.38. The molecule has 2 nitrogen and oxygen atoms in total. The van der Waals surface area contributed by atoms with E-state index < -0.39 is 0 Å². The lowest BCUT2D eigenvalue weighted by Crippen LogP contribution is -2.73. The zero-order valence-electron chi connectivity index (χ0n) is 12.6. The first-order valence-electron chi connectivity index (χ1n) is 7.49. The van der Waals surface area contributed by atoms with Gasteiger partial charge in [0, 0.05) is 24.3 Å². The minimum absolute atomic E-state index is 0.0784. The van der Waals surface area contributed by atoms with E-state index in [0.29, 0.717) is 5.92 Å². The molecular formula is C18H25N2+2. The smallest absolute Gasteiger partial charge is 0.142 e. The van der Waals surface area contributed by atoms with E-state index in [0.717, 1.165) is 19.3 Å². The van der Waals surface area contributed by atoms with Gasteiger partial charge < -0.3 is 0 Å². The molecule has 0 amide bonds. The average Bonchev–Trinajstić information content (AvgIpc) is 2.54. The predicted octanol–water partition coefficient (Wildman–Crippen LogP) is 3.12. The number of pyridine rings is 2. The summed E-state index contributed by atoms with van der Waals surface area (Å²) < 4.78 is 4.64. The molecule has 1 atom stereocenters. The minimum Gasteiger partial charge on any atom is -0.142 e. The van der Waals surface area contributed by atoms with Crippen molar-refractivity contribution in [1.82, 2.24) is 0 Å². The van der Waals surface area contributed by atoms with Crippen LogP contribution in [0.5, 0.6) is 0 Å². The largest absolute Gasteiger partial charge is 0.360 e. The van der Waals surface area contributed by atoms with Gasteiger partial charge in [0.25, 0.3) is 0 Å². The first-order chi connectivity index (χ1) is 9.73. The van der Waals surface area contributed by atoms with E-state index in [9.17, 15) is 0 Å². The Morgan fingerprint density at radius 3 is 1.65 bits per heavy atom. The normalized spacial score (nSPS) is 13.2. The number of nitrogens with zero attached hydrogens (tertiary/aromatic N) is 2. The number of rotatable bonds is 6. The van der Waals surface area contributed by atoms with Crippen molar-refractivity contribution in [3.63, 3.8) is 0 Å². The molecule has 0 aliphatic heterocycles. The zero-order valence-corrected chi connectivity index (χ0v) is 12.6. The average molecular weight is 269 g/mol. The zero-order chi connectivity index (χ0) is 14.4. The summed E-state index contributed by atoms with van der Waals surface area (Å²) in [4.78, 5) is 0. The molecule has 0 fully saturated rings. The van der Waals surface area contributed by atoms with E-state index in [1.165, 1.54) is 0 Å². The Morgan fingerprint density at radius 1 is 0.850 bits per heavy atom.